The molecular formula is C21H21N3O4. The van der Waals surface area contributed by atoms with E-state index >= 15 is 0 Å². The van der Waals surface area contributed by atoms with Gasteiger partial charge in [0.2, 0.25) is 11.8 Å². The summed E-state index contributed by atoms with van der Waals surface area (Å²) in [6, 6.07) is 12.8. The second kappa shape index (κ2) is 7.34. The zero-order valence-electron chi connectivity index (χ0n) is 15.6. The molecule has 28 heavy (non-hydrogen) atoms. The average Bonchev–Trinajstić information content (AvgIpc) is 3.22. The van der Waals surface area contributed by atoms with E-state index in [-0.39, 0.29) is 11.8 Å². The zero-order valence-corrected chi connectivity index (χ0v) is 15.6. The highest BCUT2D eigenvalue weighted by atomic mass is 16.4. The summed E-state index contributed by atoms with van der Waals surface area (Å²) in [7, 11) is 0. The fraction of sp³-hybridized carbons (Fsp3) is 0.286. The largest absolute Gasteiger partial charge is 0.419 e. The fourth-order valence-electron chi connectivity index (χ4n) is 3.65. The number of hydrogen-bond donors (Lipinski definition) is 1. The van der Waals surface area contributed by atoms with Gasteiger partial charge in [0.15, 0.2) is 5.58 Å². The van der Waals surface area contributed by atoms with Crippen LogP contribution in [0.25, 0.3) is 11.1 Å². The topological polar surface area (TPSA) is 84.5 Å². The van der Waals surface area contributed by atoms with E-state index in [1.54, 1.807) is 22.5 Å². The molecule has 0 bridgehead atoms. The van der Waals surface area contributed by atoms with Crippen LogP contribution in [-0.2, 0) is 22.6 Å². The molecule has 1 aliphatic rings. The number of carbonyl (C=O) groups excluding carboxylic acids is 2. The first-order valence-electron chi connectivity index (χ1n) is 9.32. The van der Waals surface area contributed by atoms with Crippen LogP contribution in [0.3, 0.4) is 0 Å². The smallest absolute Gasteiger partial charge is 0.408 e. The summed E-state index contributed by atoms with van der Waals surface area (Å²) in [5.41, 5.74) is 3.98. The first-order valence-corrected chi connectivity index (χ1v) is 9.32. The molecule has 0 radical (unpaired) electrons. The lowest BCUT2D eigenvalue weighted by atomic mass is 10.1. The van der Waals surface area contributed by atoms with Gasteiger partial charge in [0.05, 0.1) is 5.52 Å². The Labute approximate surface area is 161 Å². The maximum Gasteiger partial charge on any atom is 0.419 e. The van der Waals surface area contributed by atoms with Crippen molar-refractivity contribution >= 4 is 34.3 Å². The molecule has 1 aromatic heterocycles. The summed E-state index contributed by atoms with van der Waals surface area (Å²) in [5, 5.41) is 2.89. The minimum Gasteiger partial charge on any atom is -0.408 e. The van der Waals surface area contributed by atoms with Crippen molar-refractivity contribution in [3.05, 3.63) is 58.6 Å². The van der Waals surface area contributed by atoms with Crippen molar-refractivity contribution in [1.82, 2.24) is 4.57 Å². The molecule has 0 spiro atoms. The highest BCUT2D eigenvalue weighted by molar-refractivity contribution is 5.95. The summed E-state index contributed by atoms with van der Waals surface area (Å²) in [6.45, 7) is 2.65. The lowest BCUT2D eigenvalue weighted by Crippen LogP contribution is -2.25. The van der Waals surface area contributed by atoms with Crippen LogP contribution in [0.1, 0.15) is 25.3 Å². The van der Waals surface area contributed by atoms with Crippen molar-refractivity contribution in [3.8, 4) is 0 Å². The Bertz CT molecular complexity index is 1110. The number of nitrogens with zero attached hydrogens (tertiary/aromatic N) is 2. The fourth-order valence-corrected chi connectivity index (χ4v) is 3.65. The second-order valence-electron chi connectivity index (χ2n) is 6.90. The van der Waals surface area contributed by atoms with Gasteiger partial charge in [-0.3, -0.25) is 14.2 Å². The molecule has 0 atom stereocenters. The number of benzene rings is 2. The zero-order chi connectivity index (χ0) is 19.7. The Balaban J connectivity index is 1.36. The molecule has 2 heterocycles. The predicted molar refractivity (Wildman–Crippen MR) is 107 cm³/mol. The SMILES string of the molecule is CC(=O)N1CCc2cc(NC(=O)CCCn3c(=O)oc4ccccc43)ccc21. The number of nitrogens with one attached hydrogen (secondary N) is 1. The van der Waals surface area contributed by atoms with Crippen molar-refractivity contribution < 1.29 is 14.0 Å². The summed E-state index contributed by atoms with van der Waals surface area (Å²) in [4.78, 5) is 37.6. The normalized spacial score (nSPS) is 13.0. The number of anilines is 2. The number of para-hydroxylation sites is 2. The van der Waals surface area contributed by atoms with Gasteiger partial charge in [-0.1, -0.05) is 12.1 Å². The van der Waals surface area contributed by atoms with Gasteiger partial charge < -0.3 is 14.6 Å². The van der Waals surface area contributed by atoms with Gasteiger partial charge >= 0.3 is 5.76 Å². The van der Waals surface area contributed by atoms with E-state index in [4.69, 9.17) is 4.42 Å². The van der Waals surface area contributed by atoms with Gasteiger partial charge in [0.25, 0.3) is 0 Å². The minimum absolute atomic E-state index is 0.0255. The van der Waals surface area contributed by atoms with Crippen molar-refractivity contribution in [1.29, 1.82) is 0 Å². The van der Waals surface area contributed by atoms with E-state index in [0.29, 0.717) is 31.5 Å². The number of fused-ring (bicyclic) bond motifs is 2. The molecule has 4 rings (SSSR count). The Morgan fingerprint density at radius 1 is 1.18 bits per heavy atom. The summed E-state index contributed by atoms with van der Waals surface area (Å²) in [6.07, 6.45) is 1.61. The van der Waals surface area contributed by atoms with Crippen LogP contribution >= 0.6 is 0 Å². The number of carbonyl (C=O) groups is 2. The molecule has 2 amide bonds. The van der Waals surface area contributed by atoms with Crippen LogP contribution in [0.2, 0.25) is 0 Å². The van der Waals surface area contributed by atoms with Crippen molar-refractivity contribution in [2.45, 2.75) is 32.7 Å². The van der Waals surface area contributed by atoms with Crippen LogP contribution < -0.4 is 16.0 Å². The van der Waals surface area contributed by atoms with Crippen molar-refractivity contribution in [3.63, 3.8) is 0 Å². The summed E-state index contributed by atoms with van der Waals surface area (Å²) < 4.78 is 6.75. The molecule has 0 unspecified atom stereocenters. The van der Waals surface area contributed by atoms with Crippen LogP contribution in [0.15, 0.2) is 51.7 Å². The quantitative estimate of drug-likeness (QED) is 0.739. The van der Waals surface area contributed by atoms with Gasteiger partial charge in [-0.05, 0) is 48.7 Å². The van der Waals surface area contributed by atoms with E-state index < -0.39 is 5.76 Å². The molecule has 1 N–H and O–H groups in total. The molecular weight excluding hydrogens is 358 g/mol. The standard InChI is InChI=1S/C21H21N3O4/c1-14(25)23-12-10-15-13-16(8-9-17(15)23)22-20(26)7-4-11-24-18-5-2-3-6-19(18)28-21(24)27/h2-3,5-6,8-9,13H,4,7,10-12H2,1H3,(H,22,26). The average molecular weight is 379 g/mol. The Morgan fingerprint density at radius 2 is 2.00 bits per heavy atom. The minimum atomic E-state index is -0.407. The third-order valence-electron chi connectivity index (χ3n) is 5.00. The first kappa shape index (κ1) is 18.0. The molecule has 1 aliphatic heterocycles. The second-order valence-corrected chi connectivity index (χ2v) is 6.90. The third kappa shape index (κ3) is 3.43. The summed E-state index contributed by atoms with van der Waals surface area (Å²) >= 11 is 0. The molecule has 7 heteroatoms. The monoisotopic (exact) mass is 379 g/mol. The number of rotatable bonds is 5. The highest BCUT2D eigenvalue weighted by Gasteiger charge is 2.22. The highest BCUT2D eigenvalue weighted by Crippen LogP contribution is 2.30. The Hall–Kier alpha value is -3.35. The van der Waals surface area contributed by atoms with Crippen LogP contribution in [-0.4, -0.2) is 22.9 Å². The maximum absolute atomic E-state index is 12.3. The third-order valence-corrected chi connectivity index (χ3v) is 5.00. The number of hydrogen-bond acceptors (Lipinski definition) is 4. The number of aromatic nitrogens is 1. The van der Waals surface area contributed by atoms with Gasteiger partial charge in [0.1, 0.15) is 0 Å². The molecule has 144 valence electrons. The molecule has 0 aliphatic carbocycles. The lowest BCUT2D eigenvalue weighted by Gasteiger charge is -2.15. The molecule has 0 fully saturated rings. The molecule has 2 aromatic carbocycles. The van der Waals surface area contributed by atoms with Gasteiger partial charge in [-0.25, -0.2) is 4.79 Å². The Morgan fingerprint density at radius 3 is 2.82 bits per heavy atom. The van der Waals surface area contributed by atoms with E-state index in [1.807, 2.05) is 36.4 Å². The molecule has 3 aromatic rings. The van der Waals surface area contributed by atoms with Gasteiger partial charge in [0, 0.05) is 37.8 Å². The molecule has 0 saturated heterocycles. The number of oxazole rings is 1. The van der Waals surface area contributed by atoms with E-state index in [9.17, 15) is 14.4 Å². The number of aryl methyl sites for hydroxylation is 1. The predicted octanol–water partition coefficient (Wildman–Crippen LogP) is 2.92. The van der Waals surface area contributed by atoms with E-state index in [1.165, 1.54) is 0 Å². The first-order chi connectivity index (χ1) is 13.5. The molecule has 7 nitrogen and oxygen atoms in total. The molecule has 0 saturated carbocycles. The maximum atomic E-state index is 12.3. The van der Waals surface area contributed by atoms with Crippen molar-refractivity contribution in [2.24, 2.45) is 0 Å². The number of amides is 2. The van der Waals surface area contributed by atoms with E-state index in [2.05, 4.69) is 5.32 Å². The summed E-state index contributed by atoms with van der Waals surface area (Å²) in [5.74, 6) is -0.491. The lowest BCUT2D eigenvalue weighted by molar-refractivity contribution is -0.117. The van der Waals surface area contributed by atoms with E-state index in [0.717, 1.165) is 28.9 Å². The van der Waals surface area contributed by atoms with Crippen molar-refractivity contribution in [2.75, 3.05) is 16.8 Å². The van der Waals surface area contributed by atoms with Gasteiger partial charge in [-0.15, -0.1) is 0 Å². The van der Waals surface area contributed by atoms with Gasteiger partial charge in [-0.2, -0.15) is 0 Å². The van der Waals surface area contributed by atoms with Crippen LogP contribution in [0, 0.1) is 0 Å². The van der Waals surface area contributed by atoms with Crippen LogP contribution in [0.4, 0.5) is 11.4 Å². The van der Waals surface area contributed by atoms with Crippen LogP contribution in [0.5, 0.6) is 0 Å². The Kier molecular flexibility index (Phi) is 4.73.